The lowest BCUT2D eigenvalue weighted by Crippen LogP contribution is -2.35. The highest BCUT2D eigenvalue weighted by Gasteiger charge is 2.26. The molecule has 9 nitrogen and oxygen atoms in total. The van der Waals surface area contributed by atoms with Crippen molar-refractivity contribution >= 4 is 33.3 Å². The van der Waals surface area contributed by atoms with Gasteiger partial charge in [-0.25, -0.2) is 13.4 Å². The van der Waals surface area contributed by atoms with E-state index in [-0.39, 0.29) is 9.92 Å². The molecule has 1 aromatic carbocycles. The van der Waals surface area contributed by atoms with Crippen molar-refractivity contribution < 1.29 is 8.42 Å². The van der Waals surface area contributed by atoms with E-state index < -0.39 is 10.0 Å². The third-order valence-corrected chi connectivity index (χ3v) is 6.68. The number of halogens is 1. The van der Waals surface area contributed by atoms with Crippen LogP contribution in [-0.2, 0) is 10.0 Å². The zero-order chi connectivity index (χ0) is 22.1. The average molecular weight is 456 g/mol. The Kier molecular flexibility index (Phi) is 9.37. The second kappa shape index (κ2) is 11.5. The molecule has 1 heterocycles. The third kappa shape index (κ3) is 7.44. The van der Waals surface area contributed by atoms with Crippen LogP contribution in [-0.4, -0.2) is 86.9 Å². The summed E-state index contributed by atoms with van der Waals surface area (Å²) in [5, 5.41) is 8.20. The lowest BCUT2D eigenvalue weighted by molar-refractivity contribution is 0.326. The first-order valence-electron chi connectivity index (χ1n) is 9.70. The molecule has 0 atom stereocenters. The summed E-state index contributed by atoms with van der Waals surface area (Å²) in [6.45, 7) is 2.43. The number of benzene rings is 1. The van der Waals surface area contributed by atoms with E-state index in [9.17, 15) is 8.42 Å². The quantitative estimate of drug-likeness (QED) is 0.495. The van der Waals surface area contributed by atoms with Gasteiger partial charge in [0.2, 0.25) is 16.0 Å². The molecule has 0 amide bonds. The van der Waals surface area contributed by atoms with Crippen molar-refractivity contribution in [2.75, 3.05) is 54.4 Å². The molecule has 0 aliphatic heterocycles. The number of rotatable bonds is 12. The Balaban J connectivity index is 2.26. The first-order chi connectivity index (χ1) is 14.2. The van der Waals surface area contributed by atoms with Gasteiger partial charge in [0.25, 0.3) is 0 Å². The molecule has 0 aliphatic carbocycles. The molecule has 0 saturated carbocycles. The fourth-order valence-electron chi connectivity index (χ4n) is 2.79. The minimum absolute atomic E-state index is 0.0368. The molecular formula is C19H30ClN7O2S. The highest BCUT2D eigenvalue weighted by molar-refractivity contribution is 7.89. The normalized spacial score (nSPS) is 12.7. The lowest BCUT2D eigenvalue weighted by Gasteiger charge is -2.24. The van der Waals surface area contributed by atoms with Crippen molar-refractivity contribution in [3.8, 4) is 0 Å². The minimum Gasteiger partial charge on any atom is -0.328 e. The fraction of sp³-hybridized carbons (Fsp3) is 0.526. The smallest absolute Gasteiger partial charge is 0.246 e. The van der Waals surface area contributed by atoms with Crippen LogP contribution in [0.25, 0.3) is 0 Å². The van der Waals surface area contributed by atoms with Gasteiger partial charge in [0, 0.05) is 25.5 Å². The molecule has 2 rings (SSSR count). The predicted octanol–water partition coefficient (Wildman–Crippen LogP) is 3.37. The highest BCUT2D eigenvalue weighted by atomic mass is 35.5. The van der Waals surface area contributed by atoms with Crippen LogP contribution in [0.1, 0.15) is 12.8 Å². The lowest BCUT2D eigenvalue weighted by atomic mass is 10.3. The Hall–Kier alpha value is -1.85. The Morgan fingerprint density at radius 3 is 2.17 bits per heavy atom. The Bertz CT molecular complexity index is 901. The molecule has 1 aromatic heterocycles. The van der Waals surface area contributed by atoms with Crippen LogP contribution < -0.4 is 0 Å². The number of sulfonamides is 1. The SMILES string of the molecule is CN(C)CCCN(CCCN(C)C)S(=O)(=O)c1cc(N=Nc2ncc[nH]2)ccc1Cl. The summed E-state index contributed by atoms with van der Waals surface area (Å²) >= 11 is 6.28. The van der Waals surface area contributed by atoms with E-state index in [1.165, 1.54) is 16.4 Å². The molecule has 2 aromatic rings. The summed E-state index contributed by atoms with van der Waals surface area (Å²) in [6, 6.07) is 4.61. The van der Waals surface area contributed by atoms with E-state index in [2.05, 4.69) is 20.2 Å². The topological polar surface area (TPSA) is 97.3 Å². The number of nitrogens with one attached hydrogen (secondary N) is 1. The third-order valence-electron chi connectivity index (χ3n) is 4.30. The average Bonchev–Trinajstić information content (AvgIpc) is 3.19. The van der Waals surface area contributed by atoms with Crippen LogP contribution in [0, 0.1) is 0 Å². The van der Waals surface area contributed by atoms with Gasteiger partial charge in [0.1, 0.15) is 4.90 Å². The molecule has 0 unspecified atom stereocenters. The van der Waals surface area contributed by atoms with Gasteiger partial charge in [-0.05, 0) is 72.3 Å². The summed E-state index contributed by atoms with van der Waals surface area (Å²) in [6.07, 6.45) is 4.64. The molecule has 0 saturated heterocycles. The number of nitrogens with zero attached hydrogens (tertiary/aromatic N) is 6. The largest absolute Gasteiger partial charge is 0.328 e. The van der Waals surface area contributed by atoms with E-state index in [4.69, 9.17) is 11.6 Å². The van der Waals surface area contributed by atoms with Gasteiger partial charge in [0.15, 0.2) is 0 Å². The maximum atomic E-state index is 13.4. The molecule has 11 heteroatoms. The summed E-state index contributed by atoms with van der Waals surface area (Å²) in [4.78, 5) is 10.9. The maximum Gasteiger partial charge on any atom is 0.246 e. The van der Waals surface area contributed by atoms with E-state index in [1.54, 1.807) is 18.5 Å². The summed E-state index contributed by atoms with van der Waals surface area (Å²) in [5.41, 5.74) is 0.385. The zero-order valence-corrected chi connectivity index (χ0v) is 19.5. The van der Waals surface area contributed by atoms with Crippen LogP contribution in [0.2, 0.25) is 5.02 Å². The Labute approximate surface area is 183 Å². The molecule has 30 heavy (non-hydrogen) atoms. The molecule has 0 spiro atoms. The van der Waals surface area contributed by atoms with Gasteiger partial charge in [-0.2, -0.15) is 4.31 Å². The summed E-state index contributed by atoms with van der Waals surface area (Å²) in [7, 11) is 4.09. The minimum atomic E-state index is -3.78. The number of H-pyrrole nitrogens is 1. The second-order valence-corrected chi connectivity index (χ2v) is 9.76. The van der Waals surface area contributed by atoms with Crippen molar-refractivity contribution in [2.45, 2.75) is 17.7 Å². The molecule has 0 aliphatic rings. The second-order valence-electron chi connectivity index (χ2n) is 7.45. The Morgan fingerprint density at radius 2 is 1.63 bits per heavy atom. The van der Waals surface area contributed by atoms with Crippen molar-refractivity contribution in [3.05, 3.63) is 35.6 Å². The zero-order valence-electron chi connectivity index (χ0n) is 17.9. The van der Waals surface area contributed by atoms with Crippen molar-refractivity contribution in [3.63, 3.8) is 0 Å². The number of aromatic amines is 1. The predicted molar refractivity (Wildman–Crippen MR) is 119 cm³/mol. The molecule has 0 fully saturated rings. The summed E-state index contributed by atoms with van der Waals surface area (Å²) in [5.74, 6) is 0.336. The molecule has 1 N–H and O–H groups in total. The van der Waals surface area contributed by atoms with E-state index in [0.717, 1.165) is 25.9 Å². The van der Waals surface area contributed by atoms with Crippen LogP contribution in [0.5, 0.6) is 0 Å². The standard InChI is InChI=1S/C19H30ClN7O2S/c1-25(2)11-5-13-27(14-6-12-26(3)4)30(28,29)18-15-16(7-8-17(18)20)23-24-19-21-9-10-22-19/h7-10,15H,5-6,11-14H2,1-4H3,(H,21,22). The molecular weight excluding hydrogens is 426 g/mol. The van der Waals surface area contributed by atoms with E-state index in [0.29, 0.717) is 24.7 Å². The fourth-order valence-corrected chi connectivity index (χ4v) is 4.80. The van der Waals surface area contributed by atoms with Crippen LogP contribution >= 0.6 is 11.6 Å². The number of aromatic nitrogens is 2. The highest BCUT2D eigenvalue weighted by Crippen LogP contribution is 2.30. The van der Waals surface area contributed by atoms with Gasteiger partial charge in [0.05, 0.1) is 10.7 Å². The number of hydrogen-bond acceptors (Lipinski definition) is 7. The first-order valence-corrected chi connectivity index (χ1v) is 11.5. The Morgan fingerprint density at radius 1 is 1.00 bits per heavy atom. The van der Waals surface area contributed by atoms with Crippen LogP contribution in [0.4, 0.5) is 11.6 Å². The monoisotopic (exact) mass is 455 g/mol. The molecule has 0 radical (unpaired) electrons. The first kappa shape index (κ1) is 24.4. The summed E-state index contributed by atoms with van der Waals surface area (Å²) < 4.78 is 28.3. The number of azo groups is 1. The van der Waals surface area contributed by atoms with Gasteiger partial charge >= 0.3 is 0 Å². The van der Waals surface area contributed by atoms with Crippen molar-refractivity contribution in [1.82, 2.24) is 24.1 Å². The van der Waals surface area contributed by atoms with Crippen LogP contribution in [0.15, 0.2) is 45.7 Å². The van der Waals surface area contributed by atoms with Gasteiger partial charge in [-0.1, -0.05) is 11.6 Å². The van der Waals surface area contributed by atoms with E-state index >= 15 is 0 Å². The van der Waals surface area contributed by atoms with Crippen molar-refractivity contribution in [2.24, 2.45) is 10.2 Å². The van der Waals surface area contributed by atoms with Gasteiger partial charge in [-0.15, -0.1) is 10.2 Å². The van der Waals surface area contributed by atoms with E-state index in [1.807, 2.05) is 38.0 Å². The molecule has 0 bridgehead atoms. The maximum absolute atomic E-state index is 13.4. The van der Waals surface area contributed by atoms with Crippen LogP contribution in [0.3, 0.4) is 0 Å². The van der Waals surface area contributed by atoms with Gasteiger partial charge < -0.3 is 14.8 Å². The number of hydrogen-bond donors (Lipinski definition) is 1. The van der Waals surface area contributed by atoms with Crippen molar-refractivity contribution in [1.29, 1.82) is 0 Å². The molecule has 166 valence electrons. The van der Waals surface area contributed by atoms with Gasteiger partial charge in [-0.3, -0.25) is 0 Å². The number of imidazole rings is 1.